The number of benzene rings is 1. The highest BCUT2D eigenvalue weighted by molar-refractivity contribution is 5.90. The molecule has 0 radical (unpaired) electrons. The fourth-order valence-electron chi connectivity index (χ4n) is 2.88. The number of rotatable bonds is 4. The summed E-state index contributed by atoms with van der Waals surface area (Å²) >= 11 is 0. The highest BCUT2D eigenvalue weighted by atomic mass is 15.2. The molecule has 0 spiro atoms. The van der Waals surface area contributed by atoms with Crippen LogP contribution in [-0.2, 0) is 13.6 Å². The number of para-hydroxylation sites is 1. The third-order valence-corrected chi connectivity index (χ3v) is 4.04. The molecule has 0 aliphatic rings. The van der Waals surface area contributed by atoms with Crippen molar-refractivity contribution in [1.82, 2.24) is 24.7 Å². The first-order valence-electron chi connectivity index (χ1n) is 8.06. The molecule has 0 saturated heterocycles. The maximum Gasteiger partial charge on any atom is 0.163 e. The topological polar surface area (TPSA) is 59.7 Å². The lowest BCUT2D eigenvalue weighted by atomic mass is 10.2. The average molecular weight is 330 g/mol. The molecule has 4 aromatic rings. The lowest BCUT2D eigenvalue weighted by molar-refractivity contribution is 0.766. The van der Waals surface area contributed by atoms with Gasteiger partial charge in [0.15, 0.2) is 5.82 Å². The minimum atomic E-state index is 0.680. The fourth-order valence-corrected chi connectivity index (χ4v) is 2.88. The molecule has 0 saturated carbocycles. The minimum absolute atomic E-state index is 0.680. The van der Waals surface area contributed by atoms with Gasteiger partial charge < -0.3 is 4.90 Å². The quantitative estimate of drug-likeness (QED) is 0.575. The Bertz CT molecular complexity index is 1010. The van der Waals surface area contributed by atoms with Gasteiger partial charge in [-0.05, 0) is 24.3 Å². The molecule has 0 unspecified atom stereocenters. The predicted molar refractivity (Wildman–Crippen MR) is 98.1 cm³/mol. The molecule has 25 heavy (non-hydrogen) atoms. The van der Waals surface area contributed by atoms with E-state index in [1.807, 2.05) is 61.5 Å². The molecule has 0 bridgehead atoms. The average Bonchev–Trinajstić information content (AvgIpc) is 3.06. The lowest BCUT2D eigenvalue weighted by Gasteiger charge is -2.20. The molecular weight excluding hydrogens is 312 g/mol. The first-order valence-corrected chi connectivity index (χ1v) is 8.06. The van der Waals surface area contributed by atoms with Crippen molar-refractivity contribution in [3.63, 3.8) is 0 Å². The second-order valence-electron chi connectivity index (χ2n) is 6.01. The van der Waals surface area contributed by atoms with Crippen LogP contribution in [0.15, 0.2) is 61.2 Å². The second kappa shape index (κ2) is 6.32. The van der Waals surface area contributed by atoms with Gasteiger partial charge in [-0.15, -0.1) is 0 Å². The Hall–Kier alpha value is -3.28. The van der Waals surface area contributed by atoms with Crippen molar-refractivity contribution in [3.05, 3.63) is 66.7 Å². The van der Waals surface area contributed by atoms with Crippen molar-refractivity contribution < 1.29 is 0 Å². The Labute approximate surface area is 145 Å². The highest BCUT2D eigenvalue weighted by Crippen LogP contribution is 2.27. The number of hydrogen-bond donors (Lipinski definition) is 0. The Kier molecular flexibility index (Phi) is 3.85. The molecule has 6 heteroatoms. The summed E-state index contributed by atoms with van der Waals surface area (Å²) in [4.78, 5) is 15.8. The first-order chi connectivity index (χ1) is 12.2. The van der Waals surface area contributed by atoms with Gasteiger partial charge in [-0.3, -0.25) is 9.67 Å². The van der Waals surface area contributed by atoms with Crippen molar-refractivity contribution in [2.45, 2.75) is 6.54 Å². The van der Waals surface area contributed by atoms with E-state index in [1.165, 1.54) is 0 Å². The first kappa shape index (κ1) is 15.3. The minimum Gasteiger partial charge on any atom is -0.355 e. The van der Waals surface area contributed by atoms with E-state index in [2.05, 4.69) is 21.0 Å². The van der Waals surface area contributed by atoms with Crippen molar-refractivity contribution in [1.29, 1.82) is 0 Å². The third kappa shape index (κ3) is 3.06. The van der Waals surface area contributed by atoms with E-state index in [0.29, 0.717) is 5.82 Å². The zero-order valence-electron chi connectivity index (χ0n) is 14.2. The molecule has 0 N–H and O–H groups in total. The number of anilines is 1. The summed E-state index contributed by atoms with van der Waals surface area (Å²) in [5, 5.41) is 5.27. The molecule has 0 aliphatic heterocycles. The van der Waals surface area contributed by atoms with Crippen LogP contribution in [-0.4, -0.2) is 31.8 Å². The number of aromatic nitrogens is 5. The highest BCUT2D eigenvalue weighted by Gasteiger charge is 2.13. The van der Waals surface area contributed by atoms with Gasteiger partial charge in [0.2, 0.25) is 0 Å². The standard InChI is InChI=1S/C19H18N6/c1-24(12-14-10-21-25(2)13-14)19-16-7-3-4-8-17(16)22-18(23-19)15-6-5-9-20-11-15/h3-11,13H,12H2,1-2H3. The molecule has 3 aromatic heterocycles. The number of nitrogens with zero attached hydrogens (tertiary/aromatic N) is 6. The number of aryl methyl sites for hydroxylation is 1. The molecule has 6 nitrogen and oxygen atoms in total. The zero-order chi connectivity index (χ0) is 17.2. The van der Waals surface area contributed by atoms with E-state index in [1.54, 1.807) is 12.4 Å². The Morgan fingerprint density at radius 2 is 1.92 bits per heavy atom. The molecule has 0 aliphatic carbocycles. The maximum absolute atomic E-state index is 4.82. The van der Waals surface area contributed by atoms with Gasteiger partial charge >= 0.3 is 0 Å². The van der Waals surface area contributed by atoms with Crippen LogP contribution in [0.1, 0.15) is 5.56 Å². The predicted octanol–water partition coefficient (Wildman–Crippen LogP) is 3.06. The maximum atomic E-state index is 4.82. The smallest absolute Gasteiger partial charge is 0.163 e. The third-order valence-electron chi connectivity index (χ3n) is 4.04. The summed E-state index contributed by atoms with van der Waals surface area (Å²) in [7, 11) is 3.96. The normalized spacial score (nSPS) is 11.0. The van der Waals surface area contributed by atoms with Crippen molar-refractivity contribution in [2.24, 2.45) is 7.05 Å². The number of fused-ring (bicyclic) bond motifs is 1. The van der Waals surface area contributed by atoms with E-state index in [-0.39, 0.29) is 0 Å². The summed E-state index contributed by atoms with van der Waals surface area (Å²) in [6.07, 6.45) is 7.43. The van der Waals surface area contributed by atoms with Crippen LogP contribution < -0.4 is 4.90 Å². The Morgan fingerprint density at radius 3 is 2.68 bits per heavy atom. The SMILES string of the molecule is CN(Cc1cnn(C)c1)c1nc(-c2cccnc2)nc2ccccc12. The van der Waals surface area contributed by atoms with Gasteiger partial charge in [0, 0.05) is 55.7 Å². The Balaban J connectivity index is 1.80. The van der Waals surface area contributed by atoms with Crippen LogP contribution in [0.2, 0.25) is 0 Å². The van der Waals surface area contributed by atoms with Crippen LogP contribution >= 0.6 is 0 Å². The van der Waals surface area contributed by atoms with E-state index in [4.69, 9.17) is 9.97 Å². The summed E-state index contributed by atoms with van der Waals surface area (Å²) in [6.45, 7) is 0.724. The van der Waals surface area contributed by atoms with E-state index >= 15 is 0 Å². The second-order valence-corrected chi connectivity index (χ2v) is 6.01. The molecular formula is C19H18N6. The number of hydrogen-bond acceptors (Lipinski definition) is 5. The molecule has 124 valence electrons. The van der Waals surface area contributed by atoms with Gasteiger partial charge in [0.25, 0.3) is 0 Å². The van der Waals surface area contributed by atoms with Gasteiger partial charge in [0.1, 0.15) is 5.82 Å². The van der Waals surface area contributed by atoms with E-state index < -0.39 is 0 Å². The summed E-state index contributed by atoms with van der Waals surface area (Å²) in [6, 6.07) is 11.9. The zero-order valence-corrected chi connectivity index (χ0v) is 14.2. The van der Waals surface area contributed by atoms with Crippen molar-refractivity contribution in [3.8, 4) is 11.4 Å². The monoisotopic (exact) mass is 330 g/mol. The van der Waals surface area contributed by atoms with Crippen LogP contribution in [0, 0.1) is 0 Å². The Morgan fingerprint density at radius 1 is 1.04 bits per heavy atom. The largest absolute Gasteiger partial charge is 0.355 e. The summed E-state index contributed by atoms with van der Waals surface area (Å²) in [5.74, 6) is 1.58. The van der Waals surface area contributed by atoms with E-state index in [0.717, 1.165) is 34.4 Å². The van der Waals surface area contributed by atoms with Gasteiger partial charge in [-0.25, -0.2) is 9.97 Å². The van der Waals surface area contributed by atoms with Gasteiger partial charge in [0.05, 0.1) is 11.7 Å². The van der Waals surface area contributed by atoms with Crippen LogP contribution in [0.5, 0.6) is 0 Å². The molecule has 3 heterocycles. The van der Waals surface area contributed by atoms with Gasteiger partial charge in [-0.2, -0.15) is 5.10 Å². The molecule has 0 amide bonds. The van der Waals surface area contributed by atoms with Crippen molar-refractivity contribution >= 4 is 16.7 Å². The van der Waals surface area contributed by atoms with Crippen LogP contribution in [0.4, 0.5) is 5.82 Å². The summed E-state index contributed by atoms with van der Waals surface area (Å²) < 4.78 is 1.81. The lowest BCUT2D eigenvalue weighted by Crippen LogP contribution is -2.18. The molecule has 0 fully saturated rings. The van der Waals surface area contributed by atoms with Crippen LogP contribution in [0.3, 0.4) is 0 Å². The van der Waals surface area contributed by atoms with E-state index in [9.17, 15) is 0 Å². The molecule has 0 atom stereocenters. The van der Waals surface area contributed by atoms with Crippen molar-refractivity contribution in [2.75, 3.05) is 11.9 Å². The molecule has 1 aromatic carbocycles. The number of pyridine rings is 1. The summed E-state index contributed by atoms with van der Waals surface area (Å²) in [5.41, 5.74) is 2.96. The van der Waals surface area contributed by atoms with Gasteiger partial charge in [-0.1, -0.05) is 12.1 Å². The fraction of sp³-hybridized carbons (Fsp3) is 0.158. The molecule has 4 rings (SSSR count). The van der Waals surface area contributed by atoms with Crippen LogP contribution in [0.25, 0.3) is 22.3 Å².